The molecule has 2 aromatic carbocycles. The summed E-state index contributed by atoms with van der Waals surface area (Å²) in [6.07, 6.45) is 11.4. The van der Waals surface area contributed by atoms with Crippen LogP contribution in [-0.4, -0.2) is 17.5 Å². The average Bonchev–Trinajstić information content (AvgIpc) is 2.75. The van der Waals surface area contributed by atoms with E-state index in [1.165, 1.54) is 44.9 Å². The maximum Gasteiger partial charge on any atom is 0.322 e. The van der Waals surface area contributed by atoms with Gasteiger partial charge in [-0.1, -0.05) is 112 Å². The number of unbranched alkanes of at least 4 members (excludes halogenated alkanes) is 8. The van der Waals surface area contributed by atoms with Gasteiger partial charge in [0.2, 0.25) is 0 Å². The molecule has 164 valence electrons. The number of benzene rings is 2. The fourth-order valence-electron chi connectivity index (χ4n) is 3.45. The number of rotatable bonds is 13. The van der Waals surface area contributed by atoms with Crippen LogP contribution in [0.1, 0.15) is 70.3 Å². The SMILES string of the molecule is CCCCCCCCCCCN(Cc1ccccc1)C(=O)Nc1ccc(Cl)c(Cl)c1. The lowest BCUT2D eigenvalue weighted by molar-refractivity contribution is 0.207. The van der Waals surface area contributed by atoms with E-state index in [-0.39, 0.29) is 6.03 Å². The standard InChI is InChI=1S/C25H34Cl2N2O/c1-2-3-4-5-6-7-8-9-13-18-29(20-21-14-11-10-12-15-21)25(30)28-22-16-17-23(26)24(27)19-22/h10-12,14-17,19H,2-9,13,18,20H2,1H3,(H,28,30). The first kappa shape index (κ1) is 24.6. The number of halogens is 2. The fraction of sp³-hybridized carbons (Fsp3) is 0.480. The maximum absolute atomic E-state index is 12.9. The molecule has 30 heavy (non-hydrogen) atoms. The molecule has 0 aliphatic heterocycles. The molecule has 5 heteroatoms. The van der Waals surface area contributed by atoms with Crippen LogP contribution >= 0.6 is 23.2 Å². The van der Waals surface area contributed by atoms with Gasteiger partial charge in [0.25, 0.3) is 0 Å². The van der Waals surface area contributed by atoms with Crippen LogP contribution < -0.4 is 5.32 Å². The molecule has 0 atom stereocenters. The van der Waals surface area contributed by atoms with E-state index in [1.54, 1.807) is 18.2 Å². The minimum atomic E-state index is -0.114. The molecule has 3 nitrogen and oxygen atoms in total. The van der Waals surface area contributed by atoms with Gasteiger partial charge in [-0.15, -0.1) is 0 Å². The summed E-state index contributed by atoms with van der Waals surface area (Å²) in [5.74, 6) is 0. The lowest BCUT2D eigenvalue weighted by atomic mass is 10.1. The summed E-state index contributed by atoms with van der Waals surface area (Å²) in [7, 11) is 0. The highest BCUT2D eigenvalue weighted by Gasteiger charge is 2.14. The van der Waals surface area contributed by atoms with Gasteiger partial charge in [-0.25, -0.2) is 4.79 Å². The smallest absolute Gasteiger partial charge is 0.320 e. The van der Waals surface area contributed by atoms with Gasteiger partial charge in [0.05, 0.1) is 10.0 Å². The van der Waals surface area contributed by atoms with Gasteiger partial charge in [0, 0.05) is 18.8 Å². The molecular formula is C25H34Cl2N2O. The quantitative estimate of drug-likeness (QED) is 0.305. The molecule has 0 bridgehead atoms. The average molecular weight is 449 g/mol. The zero-order valence-corrected chi connectivity index (χ0v) is 19.5. The minimum Gasteiger partial charge on any atom is -0.320 e. The highest BCUT2D eigenvalue weighted by atomic mass is 35.5. The van der Waals surface area contributed by atoms with E-state index in [9.17, 15) is 4.79 Å². The third-order valence-corrected chi connectivity index (χ3v) is 5.94. The Morgan fingerprint density at radius 3 is 2.10 bits per heavy atom. The molecule has 0 spiro atoms. The largest absolute Gasteiger partial charge is 0.322 e. The number of carbonyl (C=O) groups is 1. The Hall–Kier alpha value is -1.71. The second kappa shape index (κ2) is 14.3. The predicted octanol–water partition coefficient (Wildman–Crippen LogP) is 8.56. The molecule has 0 saturated heterocycles. The molecule has 0 unspecified atom stereocenters. The lowest BCUT2D eigenvalue weighted by Gasteiger charge is -2.23. The topological polar surface area (TPSA) is 32.3 Å². The Labute approximate surface area is 191 Å². The van der Waals surface area contributed by atoms with E-state index in [1.807, 2.05) is 23.1 Å². The van der Waals surface area contributed by atoms with Crippen LogP contribution in [0.5, 0.6) is 0 Å². The summed E-state index contributed by atoms with van der Waals surface area (Å²) < 4.78 is 0. The normalized spacial score (nSPS) is 10.8. The summed E-state index contributed by atoms with van der Waals surface area (Å²) in [6, 6.07) is 15.1. The molecular weight excluding hydrogens is 415 g/mol. The third-order valence-electron chi connectivity index (χ3n) is 5.21. The number of nitrogens with zero attached hydrogens (tertiary/aromatic N) is 1. The number of anilines is 1. The van der Waals surface area contributed by atoms with Crippen molar-refractivity contribution in [1.29, 1.82) is 0 Å². The molecule has 0 aromatic heterocycles. The molecule has 0 fully saturated rings. The second-order valence-electron chi connectivity index (χ2n) is 7.79. The Kier molecular flexibility index (Phi) is 11.7. The van der Waals surface area contributed by atoms with E-state index < -0.39 is 0 Å². The molecule has 2 amide bonds. The van der Waals surface area contributed by atoms with E-state index in [0.29, 0.717) is 22.3 Å². The van der Waals surface area contributed by atoms with Crippen molar-refractivity contribution in [2.75, 3.05) is 11.9 Å². The van der Waals surface area contributed by atoms with Crippen molar-refractivity contribution in [2.24, 2.45) is 0 Å². The number of carbonyl (C=O) groups excluding carboxylic acids is 1. The van der Waals surface area contributed by atoms with Crippen LogP contribution in [0.4, 0.5) is 10.5 Å². The second-order valence-corrected chi connectivity index (χ2v) is 8.61. The molecule has 2 aromatic rings. The number of amides is 2. The third kappa shape index (κ3) is 9.40. The Morgan fingerprint density at radius 2 is 1.47 bits per heavy atom. The highest BCUT2D eigenvalue weighted by molar-refractivity contribution is 6.42. The molecule has 0 aliphatic rings. The number of hydrogen-bond acceptors (Lipinski definition) is 1. The van der Waals surface area contributed by atoms with Crippen molar-refractivity contribution < 1.29 is 4.79 Å². The molecule has 0 saturated carbocycles. The maximum atomic E-state index is 12.9. The van der Waals surface area contributed by atoms with Crippen LogP contribution in [0, 0.1) is 0 Å². The van der Waals surface area contributed by atoms with Gasteiger partial charge in [-0.2, -0.15) is 0 Å². The monoisotopic (exact) mass is 448 g/mol. The first-order chi connectivity index (χ1) is 14.6. The van der Waals surface area contributed by atoms with Crippen LogP contribution in [0.25, 0.3) is 0 Å². The Morgan fingerprint density at radius 1 is 0.833 bits per heavy atom. The Balaban J connectivity index is 1.84. The van der Waals surface area contributed by atoms with Gasteiger partial charge in [0.1, 0.15) is 0 Å². The molecule has 2 rings (SSSR count). The van der Waals surface area contributed by atoms with Crippen molar-refractivity contribution in [2.45, 2.75) is 71.3 Å². The van der Waals surface area contributed by atoms with Crippen molar-refractivity contribution in [3.8, 4) is 0 Å². The predicted molar refractivity (Wildman–Crippen MR) is 130 cm³/mol. The summed E-state index contributed by atoms with van der Waals surface area (Å²) in [5.41, 5.74) is 1.78. The van der Waals surface area contributed by atoms with Gasteiger partial charge >= 0.3 is 6.03 Å². The van der Waals surface area contributed by atoms with Crippen LogP contribution in [-0.2, 0) is 6.54 Å². The van der Waals surface area contributed by atoms with Gasteiger partial charge < -0.3 is 10.2 Å². The number of nitrogens with one attached hydrogen (secondary N) is 1. The van der Waals surface area contributed by atoms with E-state index in [0.717, 1.165) is 24.9 Å². The summed E-state index contributed by atoms with van der Waals surface area (Å²) in [4.78, 5) is 14.8. The zero-order chi connectivity index (χ0) is 21.6. The van der Waals surface area contributed by atoms with E-state index >= 15 is 0 Å². The number of hydrogen-bond donors (Lipinski definition) is 1. The van der Waals surface area contributed by atoms with Crippen LogP contribution in [0.15, 0.2) is 48.5 Å². The first-order valence-electron chi connectivity index (χ1n) is 11.1. The van der Waals surface area contributed by atoms with Crippen molar-refractivity contribution in [3.05, 3.63) is 64.1 Å². The minimum absolute atomic E-state index is 0.114. The van der Waals surface area contributed by atoms with Crippen molar-refractivity contribution >= 4 is 34.9 Å². The summed E-state index contributed by atoms with van der Waals surface area (Å²) >= 11 is 12.1. The fourth-order valence-corrected chi connectivity index (χ4v) is 3.74. The highest BCUT2D eigenvalue weighted by Crippen LogP contribution is 2.25. The molecule has 1 N–H and O–H groups in total. The Bertz CT molecular complexity index is 752. The van der Waals surface area contributed by atoms with E-state index in [4.69, 9.17) is 23.2 Å². The zero-order valence-electron chi connectivity index (χ0n) is 18.0. The molecule has 0 heterocycles. The first-order valence-corrected chi connectivity index (χ1v) is 11.9. The molecule has 0 aliphatic carbocycles. The van der Waals surface area contributed by atoms with Crippen molar-refractivity contribution in [1.82, 2.24) is 4.90 Å². The van der Waals surface area contributed by atoms with Gasteiger partial charge in [-0.05, 0) is 30.2 Å². The van der Waals surface area contributed by atoms with E-state index in [2.05, 4.69) is 24.4 Å². The van der Waals surface area contributed by atoms with Crippen LogP contribution in [0.3, 0.4) is 0 Å². The van der Waals surface area contributed by atoms with Gasteiger partial charge in [-0.3, -0.25) is 0 Å². The number of urea groups is 1. The summed E-state index contributed by atoms with van der Waals surface area (Å²) in [5, 5.41) is 3.87. The molecule has 0 radical (unpaired) electrons. The van der Waals surface area contributed by atoms with Crippen LogP contribution in [0.2, 0.25) is 10.0 Å². The lowest BCUT2D eigenvalue weighted by Crippen LogP contribution is -2.35. The van der Waals surface area contributed by atoms with Crippen molar-refractivity contribution in [3.63, 3.8) is 0 Å². The summed E-state index contributed by atoms with van der Waals surface area (Å²) in [6.45, 7) is 3.57. The van der Waals surface area contributed by atoms with Gasteiger partial charge in [0.15, 0.2) is 0 Å².